The molecule has 226 valence electrons. The zero-order valence-electron chi connectivity index (χ0n) is 23.9. The number of urea groups is 1. The molecule has 43 heavy (non-hydrogen) atoms. The lowest BCUT2D eigenvalue weighted by Gasteiger charge is -2.38. The molecule has 2 aliphatic rings. The van der Waals surface area contributed by atoms with Crippen LogP contribution in [-0.4, -0.2) is 48.2 Å². The molecule has 0 radical (unpaired) electrons. The fourth-order valence-electron chi connectivity index (χ4n) is 6.42. The van der Waals surface area contributed by atoms with Crippen molar-refractivity contribution in [2.75, 3.05) is 25.6 Å². The first-order valence-corrected chi connectivity index (χ1v) is 14.6. The Bertz CT molecular complexity index is 1580. The summed E-state index contributed by atoms with van der Waals surface area (Å²) in [6, 6.07) is 14.6. The predicted molar refractivity (Wildman–Crippen MR) is 162 cm³/mol. The number of fused-ring (bicyclic) bond motifs is 2. The van der Waals surface area contributed by atoms with Gasteiger partial charge < -0.3 is 25.4 Å². The van der Waals surface area contributed by atoms with Gasteiger partial charge in [0.2, 0.25) is 5.91 Å². The van der Waals surface area contributed by atoms with Gasteiger partial charge in [-0.25, -0.2) is 14.0 Å². The van der Waals surface area contributed by atoms with Crippen LogP contribution in [0.15, 0.2) is 60.7 Å². The van der Waals surface area contributed by atoms with E-state index in [9.17, 15) is 19.5 Å². The number of likely N-dealkylation sites (tertiary alicyclic amines) is 1. The number of anilines is 1. The molecule has 2 aliphatic heterocycles. The zero-order valence-corrected chi connectivity index (χ0v) is 25.4. The maximum absolute atomic E-state index is 15.9. The van der Waals surface area contributed by atoms with Gasteiger partial charge in [0.25, 0.3) is 0 Å². The van der Waals surface area contributed by atoms with Gasteiger partial charge in [-0.1, -0.05) is 67.4 Å². The van der Waals surface area contributed by atoms with Gasteiger partial charge in [0.1, 0.15) is 11.2 Å². The van der Waals surface area contributed by atoms with Gasteiger partial charge in [-0.2, -0.15) is 0 Å². The largest absolute Gasteiger partial charge is 0.465 e. The monoisotopic (exact) mass is 627 g/mol. The number of aliphatic hydroxyl groups is 1. The molecule has 3 N–H and O–H groups in total. The molecule has 0 aliphatic carbocycles. The number of halogens is 3. The predicted octanol–water partition coefficient (Wildman–Crippen LogP) is 6.10. The molecule has 1 spiro atoms. The van der Waals surface area contributed by atoms with E-state index in [1.54, 1.807) is 54.6 Å². The Morgan fingerprint density at radius 3 is 2.56 bits per heavy atom. The molecule has 3 amide bonds. The first-order valence-electron chi connectivity index (χ1n) is 13.8. The maximum Gasteiger partial charge on any atom is 0.337 e. The first-order chi connectivity index (χ1) is 20.4. The third-order valence-corrected chi connectivity index (χ3v) is 8.96. The van der Waals surface area contributed by atoms with Crippen molar-refractivity contribution in [1.29, 1.82) is 0 Å². The number of aliphatic hydroxyl groups excluding tert-OH is 1. The number of amides is 3. The van der Waals surface area contributed by atoms with Crippen molar-refractivity contribution < 1.29 is 28.6 Å². The molecule has 0 aromatic heterocycles. The smallest absolute Gasteiger partial charge is 0.337 e. The summed E-state index contributed by atoms with van der Waals surface area (Å²) >= 11 is 12.5. The molecule has 0 saturated carbocycles. The molecule has 1 saturated heterocycles. The number of nitrogens with one attached hydrogen (secondary N) is 2. The number of carbonyl (C=O) groups excluding carboxylic acids is 3. The highest BCUT2D eigenvalue weighted by molar-refractivity contribution is 6.31. The van der Waals surface area contributed by atoms with Crippen molar-refractivity contribution in [3.63, 3.8) is 0 Å². The number of benzene rings is 3. The average Bonchev–Trinajstić information content (AvgIpc) is 3.46. The van der Waals surface area contributed by atoms with Crippen LogP contribution in [-0.2, 0) is 21.5 Å². The summed E-state index contributed by atoms with van der Waals surface area (Å²) in [5.41, 5.74) is 0.263. The zero-order chi connectivity index (χ0) is 31.1. The van der Waals surface area contributed by atoms with Crippen LogP contribution in [0.4, 0.5) is 14.9 Å². The maximum atomic E-state index is 15.9. The van der Waals surface area contributed by atoms with E-state index >= 15 is 4.39 Å². The van der Waals surface area contributed by atoms with Crippen LogP contribution in [0.2, 0.25) is 10.0 Å². The van der Waals surface area contributed by atoms with Gasteiger partial charge in [0.15, 0.2) is 0 Å². The second kappa shape index (κ2) is 11.8. The SMILES string of the molecule is COC(=O)c1ccc(CNC(=O)N2C[C@@H](CC(C)(C)CO)C3(C(=O)Nc4cc(Cl)ccc43)[C@H]2c2cccc(Cl)c2F)cc1. The minimum atomic E-state index is -1.41. The van der Waals surface area contributed by atoms with E-state index in [1.807, 2.05) is 13.8 Å². The van der Waals surface area contributed by atoms with Crippen molar-refractivity contribution in [3.8, 4) is 0 Å². The van der Waals surface area contributed by atoms with E-state index in [0.717, 1.165) is 5.56 Å². The minimum Gasteiger partial charge on any atom is -0.465 e. The Morgan fingerprint density at radius 2 is 1.88 bits per heavy atom. The van der Waals surface area contributed by atoms with Crippen LogP contribution < -0.4 is 10.6 Å². The molecule has 0 bridgehead atoms. The highest BCUT2D eigenvalue weighted by Crippen LogP contribution is 2.60. The quantitative estimate of drug-likeness (QED) is 0.274. The summed E-state index contributed by atoms with van der Waals surface area (Å²) in [6.07, 6.45) is 0.358. The number of hydrogen-bond acceptors (Lipinski definition) is 5. The Hall–Kier alpha value is -3.66. The van der Waals surface area contributed by atoms with Gasteiger partial charge in [0, 0.05) is 36.0 Å². The average molecular weight is 629 g/mol. The molecule has 3 aromatic rings. The van der Waals surface area contributed by atoms with Gasteiger partial charge >= 0.3 is 12.0 Å². The Labute approximate surface area is 259 Å². The van der Waals surface area contributed by atoms with Crippen molar-refractivity contribution >= 4 is 46.8 Å². The molecular formula is C32H32Cl2FN3O5. The van der Waals surface area contributed by atoms with Crippen LogP contribution in [0.25, 0.3) is 0 Å². The second-order valence-electron chi connectivity index (χ2n) is 11.8. The van der Waals surface area contributed by atoms with Gasteiger partial charge in [-0.15, -0.1) is 0 Å². The number of hydrogen-bond donors (Lipinski definition) is 3. The lowest BCUT2D eigenvalue weighted by atomic mass is 9.63. The molecule has 1 unspecified atom stereocenters. The van der Waals surface area contributed by atoms with Gasteiger partial charge in [0.05, 0.1) is 23.7 Å². The van der Waals surface area contributed by atoms with Crippen molar-refractivity contribution in [3.05, 3.63) is 98.8 Å². The molecule has 3 aromatic carbocycles. The standard InChI is InChI=1S/C32H32Cl2FN3O5/c1-31(2,17-39)14-20-16-38(30(42)36-15-18-7-9-19(10-8-18)28(40)43-3)27(22-5-4-6-24(34)26(22)35)32(20)23-12-11-21(33)13-25(23)37-29(32)41/h4-13,20,27,39H,14-17H2,1-3H3,(H,36,42)(H,37,41)/t20-,27-,32?/m1/s1. The summed E-state index contributed by atoms with van der Waals surface area (Å²) in [4.78, 5) is 41.5. The molecule has 5 rings (SSSR count). The number of nitrogens with zero attached hydrogens (tertiary/aromatic N) is 1. The minimum absolute atomic E-state index is 0.0998. The van der Waals surface area contributed by atoms with E-state index in [0.29, 0.717) is 28.3 Å². The third kappa shape index (κ3) is 5.46. The second-order valence-corrected chi connectivity index (χ2v) is 12.6. The molecule has 2 heterocycles. The Morgan fingerprint density at radius 1 is 1.16 bits per heavy atom. The highest BCUT2D eigenvalue weighted by atomic mass is 35.5. The Kier molecular flexibility index (Phi) is 8.44. The topological polar surface area (TPSA) is 108 Å². The molecule has 3 atom stereocenters. The number of ether oxygens (including phenoxy) is 1. The highest BCUT2D eigenvalue weighted by Gasteiger charge is 2.65. The van der Waals surface area contributed by atoms with Crippen molar-refractivity contribution in [2.24, 2.45) is 11.3 Å². The fourth-order valence-corrected chi connectivity index (χ4v) is 6.77. The van der Waals surface area contributed by atoms with Crippen LogP contribution in [0.3, 0.4) is 0 Å². The number of carbonyl (C=O) groups is 3. The summed E-state index contributed by atoms with van der Waals surface area (Å²) in [5, 5.41) is 16.3. The molecule has 8 nitrogen and oxygen atoms in total. The molecular weight excluding hydrogens is 596 g/mol. The molecule has 1 fully saturated rings. The van der Waals surface area contributed by atoms with Crippen LogP contribution in [0.5, 0.6) is 0 Å². The van der Waals surface area contributed by atoms with Gasteiger partial charge in [-0.05, 0) is 59.2 Å². The normalized spacial score (nSPS) is 21.1. The number of methoxy groups -OCH3 is 1. The molecule has 11 heteroatoms. The summed E-state index contributed by atoms with van der Waals surface area (Å²) < 4.78 is 20.6. The van der Waals surface area contributed by atoms with Crippen LogP contribution >= 0.6 is 23.2 Å². The van der Waals surface area contributed by atoms with E-state index in [2.05, 4.69) is 10.6 Å². The van der Waals surface area contributed by atoms with Crippen molar-refractivity contribution in [1.82, 2.24) is 10.2 Å². The van der Waals surface area contributed by atoms with E-state index < -0.39 is 40.6 Å². The summed E-state index contributed by atoms with van der Waals surface area (Å²) in [5.74, 6) is -2.09. The first kappa shape index (κ1) is 30.8. The van der Waals surface area contributed by atoms with E-state index in [1.165, 1.54) is 18.1 Å². The van der Waals surface area contributed by atoms with Gasteiger partial charge in [-0.3, -0.25) is 4.79 Å². The lowest BCUT2D eigenvalue weighted by molar-refractivity contribution is -0.123. The van der Waals surface area contributed by atoms with E-state index in [4.69, 9.17) is 27.9 Å². The number of rotatable bonds is 7. The van der Waals surface area contributed by atoms with E-state index in [-0.39, 0.29) is 36.2 Å². The van der Waals surface area contributed by atoms with Crippen LogP contribution in [0.1, 0.15) is 53.4 Å². The number of esters is 1. The lowest BCUT2D eigenvalue weighted by Crippen LogP contribution is -2.48. The Balaban J connectivity index is 1.60. The van der Waals surface area contributed by atoms with Crippen LogP contribution in [0, 0.1) is 17.2 Å². The third-order valence-electron chi connectivity index (χ3n) is 8.44. The van der Waals surface area contributed by atoms with Crippen molar-refractivity contribution in [2.45, 2.75) is 38.3 Å². The summed E-state index contributed by atoms with van der Waals surface area (Å²) in [7, 11) is 1.30. The fraction of sp³-hybridized carbons (Fsp3) is 0.344. The summed E-state index contributed by atoms with van der Waals surface area (Å²) in [6.45, 7) is 3.82.